The molecule has 0 spiro atoms. The zero-order chi connectivity index (χ0) is 9.40. The number of carboxylic acids is 1. The molecule has 0 saturated heterocycles. The zero-order valence-electron chi connectivity index (χ0n) is 7.16. The lowest BCUT2D eigenvalue weighted by Gasteiger charge is -2.04. The molecule has 0 rings (SSSR count). The van der Waals surface area contributed by atoms with E-state index in [1.807, 2.05) is 0 Å². The molecule has 0 aliphatic heterocycles. The van der Waals surface area contributed by atoms with Crippen LogP contribution in [0, 0.1) is 0 Å². The molecule has 0 aromatic heterocycles. The molecule has 0 aromatic carbocycles. The second-order valence-corrected chi connectivity index (χ2v) is 4.50. The Bertz CT molecular complexity index is 133. The molecule has 0 bridgehead atoms. The molecule has 0 aliphatic carbocycles. The quantitative estimate of drug-likeness (QED) is 0.610. The van der Waals surface area contributed by atoms with E-state index in [1.54, 1.807) is 23.5 Å². The predicted octanol–water partition coefficient (Wildman–Crippen LogP) is 0.885. The molecule has 0 aliphatic rings. The molecule has 3 nitrogen and oxygen atoms in total. The Kier molecular flexibility index (Phi) is 7.85. The summed E-state index contributed by atoms with van der Waals surface area (Å²) in [6.45, 7) is 0. The second kappa shape index (κ2) is 7.76. The third-order valence-corrected chi connectivity index (χ3v) is 3.12. The van der Waals surface area contributed by atoms with Gasteiger partial charge in [0.2, 0.25) is 0 Å². The van der Waals surface area contributed by atoms with Crippen LogP contribution in [-0.2, 0) is 4.79 Å². The minimum Gasteiger partial charge on any atom is -0.480 e. The summed E-state index contributed by atoms with van der Waals surface area (Å²) in [6.07, 6.45) is 3.19. The second-order valence-electron chi connectivity index (χ2n) is 2.37. The van der Waals surface area contributed by atoms with Crippen molar-refractivity contribution in [1.29, 1.82) is 0 Å². The maximum atomic E-state index is 10.3. The number of hydrogen-bond donors (Lipinski definition) is 2. The van der Waals surface area contributed by atoms with Crippen LogP contribution in [0.1, 0.15) is 6.42 Å². The van der Waals surface area contributed by atoms with Crippen molar-refractivity contribution in [3.63, 3.8) is 0 Å². The van der Waals surface area contributed by atoms with E-state index in [1.165, 1.54) is 0 Å². The summed E-state index contributed by atoms with van der Waals surface area (Å²) in [5, 5.41) is 8.44. The third-order valence-electron chi connectivity index (χ3n) is 1.25. The van der Waals surface area contributed by atoms with Gasteiger partial charge in [-0.25, -0.2) is 0 Å². The molecule has 0 amide bonds. The van der Waals surface area contributed by atoms with Crippen LogP contribution in [0.3, 0.4) is 0 Å². The molecule has 1 atom stereocenters. The minimum atomic E-state index is -0.910. The van der Waals surface area contributed by atoms with Crippen LogP contribution in [0.15, 0.2) is 0 Å². The molecule has 3 N–H and O–H groups in total. The first-order chi connectivity index (χ1) is 5.68. The number of thioether (sulfide) groups is 2. The molecular weight excluding hydrogens is 194 g/mol. The number of nitrogens with two attached hydrogens (primary N) is 1. The minimum absolute atomic E-state index is 0.518. The van der Waals surface area contributed by atoms with Crippen molar-refractivity contribution < 1.29 is 9.90 Å². The Morgan fingerprint density at radius 2 is 2.25 bits per heavy atom. The number of hydrogen-bond acceptors (Lipinski definition) is 4. The van der Waals surface area contributed by atoms with Crippen molar-refractivity contribution in [3.8, 4) is 0 Å². The smallest absolute Gasteiger partial charge is 0.321 e. The maximum absolute atomic E-state index is 10.3. The highest BCUT2D eigenvalue weighted by Gasteiger charge is 2.09. The molecule has 0 saturated carbocycles. The highest BCUT2D eigenvalue weighted by molar-refractivity contribution is 7.99. The lowest BCUT2D eigenvalue weighted by Crippen LogP contribution is -2.32. The number of rotatable bonds is 7. The van der Waals surface area contributed by atoms with Gasteiger partial charge in [0.05, 0.1) is 0 Å². The number of aliphatic carboxylic acids is 1. The Morgan fingerprint density at radius 1 is 1.58 bits per heavy atom. The molecule has 0 radical (unpaired) electrons. The summed E-state index contributed by atoms with van der Waals surface area (Å²) in [5.74, 6) is 1.74. The maximum Gasteiger partial charge on any atom is 0.321 e. The van der Waals surface area contributed by atoms with Gasteiger partial charge in [-0.1, -0.05) is 0 Å². The first-order valence-electron chi connectivity index (χ1n) is 3.73. The van der Waals surface area contributed by atoms with Crippen molar-refractivity contribution in [3.05, 3.63) is 0 Å². The predicted molar refractivity (Wildman–Crippen MR) is 55.9 cm³/mol. The van der Waals surface area contributed by atoms with E-state index in [4.69, 9.17) is 10.8 Å². The van der Waals surface area contributed by atoms with Crippen LogP contribution in [0.25, 0.3) is 0 Å². The number of carboxylic acid groups (broad SMARTS) is 1. The summed E-state index contributed by atoms with van der Waals surface area (Å²) in [7, 11) is 0. The van der Waals surface area contributed by atoms with Gasteiger partial charge in [0.15, 0.2) is 0 Å². The van der Waals surface area contributed by atoms with Crippen molar-refractivity contribution in [2.24, 2.45) is 5.73 Å². The fraction of sp³-hybridized carbons (Fsp3) is 0.857. The van der Waals surface area contributed by atoms with Gasteiger partial charge in [-0.05, 0) is 24.2 Å². The first kappa shape index (κ1) is 12.1. The van der Waals surface area contributed by atoms with Crippen LogP contribution < -0.4 is 5.73 Å². The van der Waals surface area contributed by atoms with E-state index >= 15 is 0 Å². The van der Waals surface area contributed by atoms with Crippen molar-refractivity contribution in [1.82, 2.24) is 0 Å². The molecule has 72 valence electrons. The van der Waals surface area contributed by atoms with E-state index in [2.05, 4.69) is 6.26 Å². The molecule has 12 heavy (non-hydrogen) atoms. The van der Waals surface area contributed by atoms with E-state index in [0.29, 0.717) is 5.75 Å². The topological polar surface area (TPSA) is 63.3 Å². The lowest BCUT2D eigenvalue weighted by molar-refractivity contribution is -0.137. The zero-order valence-corrected chi connectivity index (χ0v) is 8.79. The average Bonchev–Trinajstić information content (AvgIpc) is 2.03. The van der Waals surface area contributed by atoms with Gasteiger partial charge in [-0.2, -0.15) is 23.5 Å². The van der Waals surface area contributed by atoms with Crippen molar-refractivity contribution >= 4 is 29.5 Å². The largest absolute Gasteiger partial charge is 0.480 e. The van der Waals surface area contributed by atoms with E-state index in [0.717, 1.165) is 17.9 Å². The van der Waals surface area contributed by atoms with Crippen LogP contribution in [0.4, 0.5) is 0 Å². The Hall–Kier alpha value is 0.130. The monoisotopic (exact) mass is 209 g/mol. The summed E-state index contributed by atoms with van der Waals surface area (Å²) >= 11 is 3.42. The van der Waals surface area contributed by atoms with Crippen molar-refractivity contribution in [2.75, 3.05) is 23.5 Å². The van der Waals surface area contributed by atoms with Crippen LogP contribution in [-0.4, -0.2) is 40.6 Å². The van der Waals surface area contributed by atoms with Gasteiger partial charge < -0.3 is 10.8 Å². The van der Waals surface area contributed by atoms with Crippen LogP contribution >= 0.6 is 23.5 Å². The molecule has 0 unspecified atom stereocenters. The Morgan fingerprint density at radius 3 is 2.75 bits per heavy atom. The standard InChI is InChI=1S/C7H15NO2S2/c1-11-3-2-4-12-5-6(8)7(9)10/h6H,2-5,8H2,1H3,(H,9,10)/t6-/m1/s1. The summed E-state index contributed by atoms with van der Waals surface area (Å²) in [6, 6.07) is -0.704. The fourth-order valence-corrected chi connectivity index (χ4v) is 2.11. The SMILES string of the molecule is CSCCCSC[C@@H](N)C(=O)O. The third kappa shape index (κ3) is 6.82. The van der Waals surface area contributed by atoms with Gasteiger partial charge in [-0.3, -0.25) is 4.79 Å². The fourth-order valence-electron chi connectivity index (χ4n) is 0.587. The van der Waals surface area contributed by atoms with Gasteiger partial charge in [0.25, 0.3) is 0 Å². The number of carbonyl (C=O) groups is 1. The Balaban J connectivity index is 3.14. The van der Waals surface area contributed by atoms with Gasteiger partial charge in [-0.15, -0.1) is 0 Å². The van der Waals surface area contributed by atoms with Gasteiger partial charge in [0, 0.05) is 5.75 Å². The molecular formula is C7H15NO2S2. The van der Waals surface area contributed by atoms with Crippen LogP contribution in [0.2, 0.25) is 0 Å². The Labute approximate surface area is 81.5 Å². The molecule has 0 heterocycles. The molecule has 0 fully saturated rings. The van der Waals surface area contributed by atoms with Gasteiger partial charge >= 0.3 is 5.97 Å². The van der Waals surface area contributed by atoms with E-state index in [9.17, 15) is 4.79 Å². The van der Waals surface area contributed by atoms with Crippen molar-refractivity contribution in [2.45, 2.75) is 12.5 Å². The average molecular weight is 209 g/mol. The normalized spacial score (nSPS) is 12.8. The highest BCUT2D eigenvalue weighted by atomic mass is 32.2. The summed E-state index contributed by atoms with van der Waals surface area (Å²) < 4.78 is 0. The van der Waals surface area contributed by atoms with Crippen LogP contribution in [0.5, 0.6) is 0 Å². The van der Waals surface area contributed by atoms with Gasteiger partial charge in [0.1, 0.15) is 6.04 Å². The lowest BCUT2D eigenvalue weighted by atomic mass is 10.4. The summed E-state index contributed by atoms with van der Waals surface area (Å²) in [5.41, 5.74) is 5.31. The van der Waals surface area contributed by atoms with E-state index in [-0.39, 0.29) is 0 Å². The first-order valence-corrected chi connectivity index (χ1v) is 6.28. The van der Waals surface area contributed by atoms with E-state index < -0.39 is 12.0 Å². The highest BCUT2D eigenvalue weighted by Crippen LogP contribution is 2.06. The molecule has 0 aromatic rings. The molecule has 5 heteroatoms. The summed E-state index contributed by atoms with van der Waals surface area (Å²) in [4.78, 5) is 10.3.